The maximum absolute atomic E-state index is 9.65. The minimum Gasteiger partial charge on any atom is -0.394 e. The standard InChI is InChI=1S/C14H18BrN3O2/c1-10-17-13(20-18-10)8-16-14(2,9-19)7-11-3-5-12(15)6-4-11/h3-6,16,19H,7-9H2,1-2H3. The van der Waals surface area contributed by atoms with Crippen molar-refractivity contribution in [3.63, 3.8) is 0 Å². The second-order valence-electron chi connectivity index (χ2n) is 5.11. The molecule has 0 spiro atoms. The Morgan fingerprint density at radius 3 is 2.60 bits per heavy atom. The first kappa shape index (κ1) is 15.2. The molecule has 20 heavy (non-hydrogen) atoms. The fraction of sp³-hybridized carbons (Fsp3) is 0.429. The van der Waals surface area contributed by atoms with E-state index >= 15 is 0 Å². The van der Waals surface area contributed by atoms with E-state index in [1.165, 1.54) is 0 Å². The van der Waals surface area contributed by atoms with E-state index < -0.39 is 5.54 Å². The molecule has 6 heteroatoms. The van der Waals surface area contributed by atoms with Crippen molar-refractivity contribution in [2.24, 2.45) is 0 Å². The number of nitrogens with zero attached hydrogens (tertiary/aromatic N) is 2. The number of hydrogen-bond acceptors (Lipinski definition) is 5. The predicted octanol–water partition coefficient (Wildman–Crippen LogP) is 2.22. The molecule has 0 aliphatic heterocycles. The van der Waals surface area contributed by atoms with Crippen molar-refractivity contribution in [2.75, 3.05) is 6.61 Å². The average Bonchev–Trinajstić information content (AvgIpc) is 2.85. The zero-order chi connectivity index (χ0) is 14.6. The van der Waals surface area contributed by atoms with Crippen molar-refractivity contribution in [3.05, 3.63) is 46.0 Å². The summed E-state index contributed by atoms with van der Waals surface area (Å²) in [7, 11) is 0. The van der Waals surface area contributed by atoms with Gasteiger partial charge in [0.1, 0.15) is 0 Å². The molecule has 5 nitrogen and oxygen atoms in total. The van der Waals surface area contributed by atoms with Gasteiger partial charge in [-0.25, -0.2) is 0 Å². The van der Waals surface area contributed by atoms with Crippen LogP contribution in [0.5, 0.6) is 0 Å². The minimum absolute atomic E-state index is 0.0240. The molecular formula is C14H18BrN3O2. The summed E-state index contributed by atoms with van der Waals surface area (Å²) in [6.07, 6.45) is 0.712. The maximum Gasteiger partial charge on any atom is 0.240 e. The van der Waals surface area contributed by atoms with Crippen molar-refractivity contribution in [3.8, 4) is 0 Å². The fourth-order valence-corrected chi connectivity index (χ4v) is 2.19. The Hall–Kier alpha value is -1.24. The number of aliphatic hydroxyl groups excluding tert-OH is 1. The second kappa shape index (κ2) is 6.47. The molecule has 1 unspecified atom stereocenters. The molecule has 0 aliphatic carbocycles. The largest absolute Gasteiger partial charge is 0.394 e. The Labute approximate surface area is 126 Å². The van der Waals surface area contributed by atoms with Gasteiger partial charge >= 0.3 is 0 Å². The molecule has 1 aromatic carbocycles. The third kappa shape index (κ3) is 4.13. The molecule has 0 bridgehead atoms. The van der Waals surface area contributed by atoms with Crippen LogP contribution in [0.1, 0.15) is 24.2 Å². The Morgan fingerprint density at radius 1 is 1.35 bits per heavy atom. The summed E-state index contributed by atoms with van der Waals surface area (Å²) < 4.78 is 6.10. The van der Waals surface area contributed by atoms with Crippen LogP contribution >= 0.6 is 15.9 Å². The fourth-order valence-electron chi connectivity index (χ4n) is 1.93. The van der Waals surface area contributed by atoms with E-state index in [0.717, 1.165) is 10.0 Å². The summed E-state index contributed by atoms with van der Waals surface area (Å²) in [6, 6.07) is 8.07. The van der Waals surface area contributed by atoms with Crippen molar-refractivity contribution in [2.45, 2.75) is 32.4 Å². The second-order valence-corrected chi connectivity index (χ2v) is 6.03. The molecular weight excluding hydrogens is 322 g/mol. The number of nitrogens with one attached hydrogen (secondary N) is 1. The van der Waals surface area contributed by atoms with E-state index in [1.807, 2.05) is 31.2 Å². The van der Waals surface area contributed by atoms with Crippen LogP contribution in [0.25, 0.3) is 0 Å². The van der Waals surface area contributed by atoms with Crippen LogP contribution < -0.4 is 5.32 Å². The number of halogens is 1. The SMILES string of the molecule is Cc1noc(CNC(C)(CO)Cc2ccc(Br)cc2)n1. The predicted molar refractivity (Wildman–Crippen MR) is 79.2 cm³/mol. The summed E-state index contributed by atoms with van der Waals surface area (Å²) in [5, 5.41) is 16.7. The summed E-state index contributed by atoms with van der Waals surface area (Å²) >= 11 is 3.41. The highest BCUT2D eigenvalue weighted by atomic mass is 79.9. The van der Waals surface area contributed by atoms with Crippen LogP contribution in [0.3, 0.4) is 0 Å². The van der Waals surface area contributed by atoms with Crippen LogP contribution in [-0.4, -0.2) is 27.4 Å². The number of hydrogen-bond donors (Lipinski definition) is 2. The summed E-state index contributed by atoms with van der Waals surface area (Å²) in [5.41, 5.74) is 0.717. The summed E-state index contributed by atoms with van der Waals surface area (Å²) in [4.78, 5) is 4.14. The van der Waals surface area contributed by atoms with Crippen LogP contribution in [0.15, 0.2) is 33.3 Å². The number of aliphatic hydroxyl groups is 1. The Kier molecular flexibility index (Phi) is 4.91. The smallest absolute Gasteiger partial charge is 0.240 e. The Morgan fingerprint density at radius 2 is 2.05 bits per heavy atom. The number of rotatable bonds is 6. The zero-order valence-corrected chi connectivity index (χ0v) is 13.1. The topological polar surface area (TPSA) is 71.2 Å². The van der Waals surface area contributed by atoms with Gasteiger partial charge in [0.25, 0.3) is 0 Å². The quantitative estimate of drug-likeness (QED) is 0.844. The van der Waals surface area contributed by atoms with Gasteiger partial charge in [-0.05, 0) is 38.0 Å². The molecule has 0 aliphatic rings. The maximum atomic E-state index is 9.65. The highest BCUT2D eigenvalue weighted by Gasteiger charge is 2.24. The lowest BCUT2D eigenvalue weighted by molar-refractivity contribution is 0.167. The zero-order valence-electron chi connectivity index (χ0n) is 11.6. The van der Waals surface area contributed by atoms with E-state index in [2.05, 4.69) is 31.4 Å². The van der Waals surface area contributed by atoms with E-state index in [9.17, 15) is 5.11 Å². The van der Waals surface area contributed by atoms with Crippen molar-refractivity contribution in [1.29, 1.82) is 0 Å². The van der Waals surface area contributed by atoms with Gasteiger partial charge in [-0.1, -0.05) is 33.2 Å². The van der Waals surface area contributed by atoms with Gasteiger partial charge in [0, 0.05) is 10.0 Å². The molecule has 0 radical (unpaired) electrons. The Balaban J connectivity index is 1.99. The normalized spacial score (nSPS) is 14.2. The van der Waals surface area contributed by atoms with Crippen LogP contribution in [-0.2, 0) is 13.0 Å². The lowest BCUT2D eigenvalue weighted by atomic mass is 9.93. The molecule has 108 valence electrons. The molecule has 2 rings (SSSR count). The highest BCUT2D eigenvalue weighted by Crippen LogP contribution is 2.17. The monoisotopic (exact) mass is 339 g/mol. The summed E-state index contributed by atoms with van der Waals surface area (Å²) in [6.45, 7) is 4.21. The molecule has 0 saturated carbocycles. The number of benzene rings is 1. The molecule has 0 amide bonds. The van der Waals surface area contributed by atoms with Crippen LogP contribution in [0.2, 0.25) is 0 Å². The third-order valence-electron chi connectivity index (χ3n) is 3.09. The van der Waals surface area contributed by atoms with Crippen LogP contribution in [0.4, 0.5) is 0 Å². The van der Waals surface area contributed by atoms with Gasteiger partial charge < -0.3 is 14.9 Å². The first-order valence-electron chi connectivity index (χ1n) is 6.40. The molecule has 1 heterocycles. The van der Waals surface area contributed by atoms with Crippen LogP contribution in [0, 0.1) is 6.92 Å². The van der Waals surface area contributed by atoms with Gasteiger partial charge in [0.05, 0.1) is 13.2 Å². The van der Waals surface area contributed by atoms with Gasteiger partial charge in [0.2, 0.25) is 5.89 Å². The summed E-state index contributed by atoms with van der Waals surface area (Å²) in [5.74, 6) is 1.14. The van der Waals surface area contributed by atoms with E-state index in [4.69, 9.17) is 4.52 Å². The lowest BCUT2D eigenvalue weighted by Gasteiger charge is -2.28. The Bertz CT molecular complexity index is 556. The lowest BCUT2D eigenvalue weighted by Crippen LogP contribution is -2.47. The molecule has 2 N–H and O–H groups in total. The molecule has 0 fully saturated rings. The van der Waals surface area contributed by atoms with E-state index in [-0.39, 0.29) is 6.61 Å². The van der Waals surface area contributed by atoms with Gasteiger partial charge in [-0.3, -0.25) is 0 Å². The molecule has 1 aromatic heterocycles. The highest BCUT2D eigenvalue weighted by molar-refractivity contribution is 9.10. The van der Waals surface area contributed by atoms with Gasteiger partial charge in [-0.15, -0.1) is 0 Å². The average molecular weight is 340 g/mol. The van der Waals surface area contributed by atoms with Crippen molar-refractivity contribution < 1.29 is 9.63 Å². The molecule has 0 saturated heterocycles. The van der Waals surface area contributed by atoms with Gasteiger partial charge in [0.15, 0.2) is 5.82 Å². The van der Waals surface area contributed by atoms with Crippen molar-refractivity contribution >= 4 is 15.9 Å². The van der Waals surface area contributed by atoms with E-state index in [0.29, 0.717) is 24.7 Å². The third-order valence-corrected chi connectivity index (χ3v) is 3.62. The number of aromatic nitrogens is 2. The molecule has 1 atom stereocenters. The van der Waals surface area contributed by atoms with E-state index in [1.54, 1.807) is 6.92 Å². The minimum atomic E-state index is -0.434. The molecule has 2 aromatic rings. The van der Waals surface area contributed by atoms with Gasteiger partial charge in [-0.2, -0.15) is 4.98 Å². The van der Waals surface area contributed by atoms with Crippen molar-refractivity contribution in [1.82, 2.24) is 15.5 Å². The first-order valence-corrected chi connectivity index (χ1v) is 7.19. The first-order chi connectivity index (χ1) is 9.50. The number of aryl methyl sites for hydroxylation is 1.